The standard InChI is InChI=1S/C12H22/c1-4-7-8-9-11-12(6-3)10-5-2/h4,6H,1,5,7-11H2,2-3H3. The highest BCUT2D eigenvalue weighted by Gasteiger charge is 1.94. The van der Waals surface area contributed by atoms with E-state index in [4.69, 9.17) is 0 Å². The van der Waals surface area contributed by atoms with E-state index in [0.29, 0.717) is 0 Å². The molecule has 0 aliphatic heterocycles. The molecule has 0 fully saturated rings. The molecule has 0 amide bonds. The molecular weight excluding hydrogens is 144 g/mol. The maximum Gasteiger partial charge on any atom is -0.0320 e. The summed E-state index contributed by atoms with van der Waals surface area (Å²) in [5.41, 5.74) is 1.63. The van der Waals surface area contributed by atoms with Crippen LogP contribution in [0.4, 0.5) is 0 Å². The van der Waals surface area contributed by atoms with Gasteiger partial charge in [-0.2, -0.15) is 0 Å². The molecule has 0 aromatic carbocycles. The fraction of sp³-hybridized carbons (Fsp3) is 0.667. The molecule has 0 bridgehead atoms. The maximum absolute atomic E-state index is 3.72. The van der Waals surface area contributed by atoms with Crippen molar-refractivity contribution in [2.75, 3.05) is 0 Å². The van der Waals surface area contributed by atoms with Crippen LogP contribution in [0.15, 0.2) is 24.3 Å². The first-order chi connectivity index (χ1) is 5.85. The highest BCUT2D eigenvalue weighted by atomic mass is 14.0. The minimum absolute atomic E-state index is 1.17. The number of allylic oxidation sites excluding steroid dienone is 3. The van der Waals surface area contributed by atoms with Crippen LogP contribution < -0.4 is 0 Å². The summed E-state index contributed by atoms with van der Waals surface area (Å²) in [7, 11) is 0. The van der Waals surface area contributed by atoms with Crippen molar-refractivity contribution in [3.8, 4) is 0 Å². The molecule has 0 atom stereocenters. The summed E-state index contributed by atoms with van der Waals surface area (Å²) in [6.07, 6.45) is 11.9. The SMILES string of the molecule is C=CCCCCC(=CC)CCC. The van der Waals surface area contributed by atoms with E-state index in [1.165, 1.54) is 38.5 Å². The van der Waals surface area contributed by atoms with Gasteiger partial charge in [-0.1, -0.05) is 31.1 Å². The second-order valence-corrected chi connectivity index (χ2v) is 3.23. The van der Waals surface area contributed by atoms with E-state index in [1.54, 1.807) is 5.57 Å². The third-order valence-electron chi connectivity index (χ3n) is 2.14. The van der Waals surface area contributed by atoms with Crippen molar-refractivity contribution in [1.82, 2.24) is 0 Å². The van der Waals surface area contributed by atoms with Crippen LogP contribution in [0.2, 0.25) is 0 Å². The lowest BCUT2D eigenvalue weighted by atomic mass is 10.0. The molecule has 0 aromatic rings. The Balaban J connectivity index is 3.38. The topological polar surface area (TPSA) is 0 Å². The quantitative estimate of drug-likeness (QED) is 0.386. The van der Waals surface area contributed by atoms with Gasteiger partial charge in [0.25, 0.3) is 0 Å². The van der Waals surface area contributed by atoms with E-state index >= 15 is 0 Å². The van der Waals surface area contributed by atoms with Gasteiger partial charge in [-0.15, -0.1) is 6.58 Å². The Kier molecular flexibility index (Phi) is 8.20. The van der Waals surface area contributed by atoms with Crippen LogP contribution in [0.25, 0.3) is 0 Å². The van der Waals surface area contributed by atoms with E-state index in [9.17, 15) is 0 Å². The fourth-order valence-corrected chi connectivity index (χ4v) is 1.38. The van der Waals surface area contributed by atoms with Gasteiger partial charge in [0, 0.05) is 0 Å². The molecule has 0 radical (unpaired) electrons. The highest BCUT2D eigenvalue weighted by Crippen LogP contribution is 2.14. The average Bonchev–Trinajstić information content (AvgIpc) is 2.10. The molecule has 0 nitrogen and oxygen atoms in total. The second kappa shape index (κ2) is 8.58. The van der Waals surface area contributed by atoms with E-state index in [2.05, 4.69) is 26.5 Å². The van der Waals surface area contributed by atoms with Crippen molar-refractivity contribution in [3.63, 3.8) is 0 Å². The van der Waals surface area contributed by atoms with Crippen molar-refractivity contribution in [1.29, 1.82) is 0 Å². The van der Waals surface area contributed by atoms with Crippen LogP contribution in [0.3, 0.4) is 0 Å². The van der Waals surface area contributed by atoms with Gasteiger partial charge in [0.05, 0.1) is 0 Å². The van der Waals surface area contributed by atoms with Crippen LogP contribution >= 0.6 is 0 Å². The molecule has 0 aliphatic rings. The van der Waals surface area contributed by atoms with Gasteiger partial charge >= 0.3 is 0 Å². The summed E-state index contributed by atoms with van der Waals surface area (Å²) in [6, 6.07) is 0. The van der Waals surface area contributed by atoms with Gasteiger partial charge in [-0.3, -0.25) is 0 Å². The van der Waals surface area contributed by atoms with Crippen molar-refractivity contribution in [2.24, 2.45) is 0 Å². The average molecular weight is 166 g/mol. The number of rotatable bonds is 7. The summed E-state index contributed by atoms with van der Waals surface area (Å²) in [4.78, 5) is 0. The number of hydrogen-bond acceptors (Lipinski definition) is 0. The molecule has 0 spiro atoms. The summed E-state index contributed by atoms with van der Waals surface area (Å²) >= 11 is 0. The Labute approximate surface area is 77.4 Å². The predicted octanol–water partition coefficient (Wildman–Crippen LogP) is 4.48. The Morgan fingerprint density at radius 1 is 1.25 bits per heavy atom. The van der Waals surface area contributed by atoms with E-state index in [0.717, 1.165) is 0 Å². The van der Waals surface area contributed by atoms with Crippen LogP contribution in [0, 0.1) is 0 Å². The Bertz CT molecular complexity index is 131. The third-order valence-corrected chi connectivity index (χ3v) is 2.14. The van der Waals surface area contributed by atoms with Crippen LogP contribution in [-0.2, 0) is 0 Å². The van der Waals surface area contributed by atoms with Crippen molar-refractivity contribution < 1.29 is 0 Å². The van der Waals surface area contributed by atoms with Crippen LogP contribution in [0.1, 0.15) is 52.4 Å². The summed E-state index contributed by atoms with van der Waals surface area (Å²) in [6.45, 7) is 8.11. The van der Waals surface area contributed by atoms with Gasteiger partial charge in [-0.05, 0) is 39.0 Å². The third kappa shape index (κ3) is 6.21. The lowest BCUT2D eigenvalue weighted by Gasteiger charge is -2.03. The van der Waals surface area contributed by atoms with Gasteiger partial charge in [0.2, 0.25) is 0 Å². The molecule has 0 N–H and O–H groups in total. The maximum atomic E-state index is 3.72. The van der Waals surface area contributed by atoms with Crippen LogP contribution in [0.5, 0.6) is 0 Å². The molecule has 0 unspecified atom stereocenters. The first-order valence-corrected chi connectivity index (χ1v) is 5.10. The summed E-state index contributed by atoms with van der Waals surface area (Å²) < 4.78 is 0. The molecule has 0 rings (SSSR count). The van der Waals surface area contributed by atoms with Crippen LogP contribution in [-0.4, -0.2) is 0 Å². The zero-order valence-electron chi connectivity index (χ0n) is 8.60. The van der Waals surface area contributed by atoms with Gasteiger partial charge < -0.3 is 0 Å². The lowest BCUT2D eigenvalue weighted by molar-refractivity contribution is 0.712. The largest absolute Gasteiger partial charge is 0.103 e. The van der Waals surface area contributed by atoms with Gasteiger partial charge in [-0.25, -0.2) is 0 Å². The molecular formula is C12H22. The number of hydrogen-bond donors (Lipinski definition) is 0. The van der Waals surface area contributed by atoms with Crippen molar-refractivity contribution >= 4 is 0 Å². The Morgan fingerprint density at radius 3 is 2.50 bits per heavy atom. The molecule has 0 aromatic heterocycles. The van der Waals surface area contributed by atoms with E-state index in [1.807, 2.05) is 6.08 Å². The zero-order chi connectivity index (χ0) is 9.23. The van der Waals surface area contributed by atoms with Gasteiger partial charge in [0.15, 0.2) is 0 Å². The van der Waals surface area contributed by atoms with Crippen molar-refractivity contribution in [3.05, 3.63) is 24.3 Å². The van der Waals surface area contributed by atoms with Gasteiger partial charge in [0.1, 0.15) is 0 Å². The second-order valence-electron chi connectivity index (χ2n) is 3.23. The molecule has 0 heteroatoms. The lowest BCUT2D eigenvalue weighted by Crippen LogP contribution is -1.83. The molecule has 70 valence electrons. The van der Waals surface area contributed by atoms with E-state index < -0.39 is 0 Å². The molecule has 12 heavy (non-hydrogen) atoms. The minimum Gasteiger partial charge on any atom is -0.103 e. The zero-order valence-corrected chi connectivity index (χ0v) is 8.60. The highest BCUT2D eigenvalue weighted by molar-refractivity contribution is 4.99. The monoisotopic (exact) mass is 166 g/mol. The first kappa shape index (κ1) is 11.5. The van der Waals surface area contributed by atoms with E-state index in [-0.39, 0.29) is 0 Å². The molecule has 0 saturated heterocycles. The summed E-state index contributed by atoms with van der Waals surface area (Å²) in [5.74, 6) is 0. The molecule has 0 aliphatic carbocycles. The molecule has 0 heterocycles. The smallest absolute Gasteiger partial charge is 0.0320 e. The minimum atomic E-state index is 1.17. The molecule has 0 saturated carbocycles. The Hall–Kier alpha value is -0.520. The Morgan fingerprint density at radius 2 is 2.00 bits per heavy atom. The predicted molar refractivity (Wildman–Crippen MR) is 57.3 cm³/mol. The first-order valence-electron chi connectivity index (χ1n) is 5.10. The normalized spacial score (nSPS) is 11.7. The summed E-state index contributed by atoms with van der Waals surface area (Å²) in [5, 5.41) is 0. The number of unbranched alkanes of at least 4 members (excludes halogenated alkanes) is 2. The van der Waals surface area contributed by atoms with Crippen molar-refractivity contribution in [2.45, 2.75) is 52.4 Å². The fourth-order valence-electron chi connectivity index (χ4n) is 1.38.